The van der Waals surface area contributed by atoms with Crippen molar-refractivity contribution in [1.29, 1.82) is 0 Å². The fraction of sp³-hybridized carbons (Fsp3) is 0.462. The number of ether oxygens (including phenoxy) is 1. The Morgan fingerprint density at radius 1 is 1.17 bits per heavy atom. The number of aromatic nitrogens is 3. The first-order valence-electron chi connectivity index (χ1n) is 12.3. The minimum atomic E-state index is -1.28. The Bertz CT molecular complexity index is 1310. The van der Waals surface area contributed by atoms with Crippen molar-refractivity contribution in [3.05, 3.63) is 41.6 Å². The van der Waals surface area contributed by atoms with Crippen LogP contribution in [0.15, 0.2) is 24.5 Å². The van der Waals surface area contributed by atoms with Gasteiger partial charge < -0.3 is 20.4 Å². The van der Waals surface area contributed by atoms with Gasteiger partial charge in [-0.25, -0.2) is 18.7 Å². The van der Waals surface area contributed by atoms with Crippen molar-refractivity contribution in [1.82, 2.24) is 25.6 Å². The monoisotopic (exact) mass is 497 g/mol. The Labute approximate surface area is 207 Å². The molecule has 0 bridgehead atoms. The van der Waals surface area contributed by atoms with Gasteiger partial charge in [-0.3, -0.25) is 9.59 Å². The summed E-state index contributed by atoms with van der Waals surface area (Å²) in [6, 6.07) is 3.39. The Kier molecular flexibility index (Phi) is 6.59. The van der Waals surface area contributed by atoms with Gasteiger partial charge in [0.2, 0.25) is 5.91 Å². The van der Waals surface area contributed by atoms with Crippen LogP contribution in [0.2, 0.25) is 0 Å². The molecule has 3 atom stereocenters. The molecule has 2 fully saturated rings. The van der Waals surface area contributed by atoms with Gasteiger partial charge in [0.15, 0.2) is 0 Å². The summed E-state index contributed by atoms with van der Waals surface area (Å²) in [6.45, 7) is 3.69. The maximum Gasteiger partial charge on any atom is 0.255 e. The van der Waals surface area contributed by atoms with E-state index in [1.165, 1.54) is 25.4 Å². The van der Waals surface area contributed by atoms with Crippen LogP contribution in [0.4, 0.5) is 8.78 Å². The van der Waals surface area contributed by atoms with Gasteiger partial charge in [-0.05, 0) is 56.7 Å². The van der Waals surface area contributed by atoms with Crippen LogP contribution in [0.25, 0.3) is 22.3 Å². The highest BCUT2D eigenvalue weighted by atomic mass is 19.1. The molecule has 2 amide bonds. The molecule has 0 aliphatic heterocycles. The summed E-state index contributed by atoms with van der Waals surface area (Å²) in [5.74, 6) is -0.0418. The summed E-state index contributed by atoms with van der Waals surface area (Å²) in [6.07, 6.45) is 3.42. The maximum absolute atomic E-state index is 14.8. The van der Waals surface area contributed by atoms with Crippen LogP contribution in [0.5, 0.6) is 5.75 Å². The molecule has 2 aliphatic rings. The molecule has 1 aromatic carbocycles. The highest BCUT2D eigenvalue weighted by molar-refractivity contribution is 6.09. The number of hydrogen-bond acceptors (Lipinski definition) is 5. The number of benzene rings is 1. The maximum atomic E-state index is 14.8. The molecule has 0 unspecified atom stereocenters. The van der Waals surface area contributed by atoms with E-state index in [1.54, 1.807) is 13.0 Å². The van der Waals surface area contributed by atoms with Gasteiger partial charge in [0.05, 0.1) is 23.7 Å². The third-order valence-corrected chi connectivity index (χ3v) is 6.86. The number of H-pyrrole nitrogens is 1. The summed E-state index contributed by atoms with van der Waals surface area (Å²) in [5, 5.41) is 5.55. The number of aromatic amines is 1. The number of amides is 2. The van der Waals surface area contributed by atoms with E-state index >= 15 is 0 Å². The third kappa shape index (κ3) is 5.03. The fourth-order valence-corrected chi connectivity index (χ4v) is 4.85. The number of aryl methyl sites for hydroxylation is 1. The topological polar surface area (TPSA) is 109 Å². The van der Waals surface area contributed by atoms with Crippen molar-refractivity contribution in [3.63, 3.8) is 0 Å². The Morgan fingerprint density at radius 2 is 1.97 bits per heavy atom. The highest BCUT2D eigenvalue weighted by Crippen LogP contribution is 2.37. The smallest absolute Gasteiger partial charge is 0.255 e. The largest absolute Gasteiger partial charge is 0.493 e. The quantitative estimate of drug-likeness (QED) is 0.458. The molecule has 10 heteroatoms. The molecule has 2 heterocycles. The van der Waals surface area contributed by atoms with Gasteiger partial charge in [-0.2, -0.15) is 0 Å². The number of nitrogens with zero attached hydrogens (tertiary/aromatic N) is 2. The number of carbonyl (C=O) groups is 2. The highest BCUT2D eigenvalue weighted by Gasteiger charge is 2.33. The number of alkyl halides is 1. The lowest BCUT2D eigenvalue weighted by Crippen LogP contribution is -2.49. The molecule has 190 valence electrons. The van der Waals surface area contributed by atoms with Crippen LogP contribution >= 0.6 is 0 Å². The zero-order valence-corrected chi connectivity index (χ0v) is 20.2. The zero-order chi connectivity index (χ0) is 25.4. The lowest BCUT2D eigenvalue weighted by molar-refractivity contribution is -0.120. The molecule has 3 aromatic rings. The van der Waals surface area contributed by atoms with E-state index in [2.05, 4.69) is 25.6 Å². The molecule has 3 N–H and O–H groups in total. The Morgan fingerprint density at radius 3 is 2.69 bits per heavy atom. The number of rotatable bonds is 7. The van der Waals surface area contributed by atoms with Crippen LogP contribution in [0.3, 0.4) is 0 Å². The van der Waals surface area contributed by atoms with Gasteiger partial charge in [-0.1, -0.05) is 0 Å². The Balaban J connectivity index is 1.41. The molecule has 2 saturated carbocycles. The van der Waals surface area contributed by atoms with Gasteiger partial charge in [0.1, 0.15) is 35.3 Å². The van der Waals surface area contributed by atoms with Crippen molar-refractivity contribution in [2.75, 3.05) is 6.61 Å². The van der Waals surface area contributed by atoms with E-state index in [0.29, 0.717) is 64.7 Å². The minimum Gasteiger partial charge on any atom is -0.493 e. The van der Waals surface area contributed by atoms with Crippen molar-refractivity contribution in [2.45, 2.75) is 64.2 Å². The number of hydrogen-bond donors (Lipinski definition) is 3. The second-order valence-corrected chi connectivity index (χ2v) is 9.77. The van der Waals surface area contributed by atoms with Crippen molar-refractivity contribution >= 4 is 22.8 Å². The van der Waals surface area contributed by atoms with Crippen molar-refractivity contribution in [3.8, 4) is 17.0 Å². The third-order valence-electron chi connectivity index (χ3n) is 6.86. The molecule has 2 aliphatic carbocycles. The van der Waals surface area contributed by atoms with E-state index in [-0.39, 0.29) is 18.4 Å². The van der Waals surface area contributed by atoms with Crippen LogP contribution in [0.1, 0.15) is 55.1 Å². The van der Waals surface area contributed by atoms with Gasteiger partial charge >= 0.3 is 0 Å². The van der Waals surface area contributed by atoms with Crippen LogP contribution in [-0.4, -0.2) is 51.6 Å². The summed E-state index contributed by atoms with van der Waals surface area (Å²) in [4.78, 5) is 36.4. The predicted molar refractivity (Wildman–Crippen MR) is 130 cm³/mol. The molecule has 0 spiro atoms. The minimum absolute atomic E-state index is 0.146. The van der Waals surface area contributed by atoms with Gasteiger partial charge in [0.25, 0.3) is 5.91 Å². The average molecular weight is 498 g/mol. The van der Waals surface area contributed by atoms with E-state index in [1.807, 2.05) is 0 Å². The lowest BCUT2D eigenvalue weighted by atomic mass is 9.89. The van der Waals surface area contributed by atoms with Gasteiger partial charge in [0, 0.05) is 30.6 Å². The van der Waals surface area contributed by atoms with E-state index < -0.39 is 23.9 Å². The zero-order valence-electron chi connectivity index (χ0n) is 20.2. The van der Waals surface area contributed by atoms with Crippen molar-refractivity contribution in [2.24, 2.45) is 5.92 Å². The number of carbonyl (C=O) groups excluding carboxylic acids is 2. The van der Waals surface area contributed by atoms with Crippen LogP contribution in [0, 0.1) is 18.7 Å². The molecule has 2 aromatic heterocycles. The predicted octanol–water partition coefficient (Wildman–Crippen LogP) is 3.99. The van der Waals surface area contributed by atoms with Crippen LogP contribution in [-0.2, 0) is 4.79 Å². The molecular formula is C26H29F2N5O3. The summed E-state index contributed by atoms with van der Waals surface area (Å²) in [5.41, 5.74) is 2.58. The number of fused-ring (bicyclic) bond motifs is 1. The van der Waals surface area contributed by atoms with E-state index in [9.17, 15) is 18.4 Å². The van der Waals surface area contributed by atoms with E-state index in [4.69, 9.17) is 4.74 Å². The standard InChI is InChI=1S/C26H29F2N5O3/c1-13-22(26(35)33-20-7-6-17(10-19(20)28)32-14(2)34)24-25(31-13)23(29-12-30-24)18-9-16(27)5-8-21(18)36-11-15-3-4-15/h5,8-9,12,15,17,19-20,31H,3-4,6-7,10-11H2,1-2H3,(H,32,34)(H,33,35)/t17-,19-,20-/m1/s1. The van der Waals surface area contributed by atoms with Gasteiger partial charge in [-0.15, -0.1) is 0 Å². The second kappa shape index (κ2) is 9.83. The first kappa shape index (κ1) is 24.1. The summed E-state index contributed by atoms with van der Waals surface area (Å²) in [7, 11) is 0. The number of halogens is 2. The molecule has 0 radical (unpaired) electrons. The number of nitrogens with one attached hydrogen (secondary N) is 3. The molecule has 36 heavy (non-hydrogen) atoms. The lowest BCUT2D eigenvalue weighted by Gasteiger charge is -2.32. The first-order chi connectivity index (χ1) is 17.3. The summed E-state index contributed by atoms with van der Waals surface area (Å²) >= 11 is 0. The molecule has 0 saturated heterocycles. The molecular weight excluding hydrogens is 468 g/mol. The fourth-order valence-electron chi connectivity index (χ4n) is 4.85. The normalized spacial score (nSPS) is 21.8. The first-order valence-corrected chi connectivity index (χ1v) is 12.3. The average Bonchev–Trinajstić information content (AvgIpc) is 3.59. The van der Waals surface area contributed by atoms with Crippen molar-refractivity contribution < 1.29 is 23.1 Å². The summed E-state index contributed by atoms with van der Waals surface area (Å²) < 4.78 is 35.0. The second-order valence-electron chi connectivity index (χ2n) is 9.77. The van der Waals surface area contributed by atoms with Crippen LogP contribution < -0.4 is 15.4 Å². The SMILES string of the molecule is CC(=O)N[C@@H]1CC[C@@H](NC(=O)c2c(C)[nH]c3c(-c4cc(F)ccc4OCC4CC4)ncnc23)[C@H](F)C1. The molecule has 5 rings (SSSR count). The Hall–Kier alpha value is -3.56. The van der Waals surface area contributed by atoms with E-state index in [0.717, 1.165) is 12.8 Å². The molecule has 8 nitrogen and oxygen atoms in total.